The van der Waals surface area contributed by atoms with Crippen LogP contribution in [0, 0.1) is 5.92 Å². The number of hydrogen-bond donors (Lipinski definition) is 2. The summed E-state index contributed by atoms with van der Waals surface area (Å²) in [7, 11) is -3.83. The summed E-state index contributed by atoms with van der Waals surface area (Å²) in [5.74, 6) is -0.291. The summed E-state index contributed by atoms with van der Waals surface area (Å²) in [6.07, 6.45) is 0. The maximum Gasteiger partial charge on any atom is 0.238 e. The molecule has 0 aliphatic carbocycles. The third-order valence-electron chi connectivity index (χ3n) is 2.78. The summed E-state index contributed by atoms with van der Waals surface area (Å²) in [6, 6.07) is 4.11. The number of nitrogens with one attached hydrogen (secondary N) is 1. The number of rotatable bonds is 5. The number of nitrogen functional groups attached to an aromatic ring is 1. The van der Waals surface area contributed by atoms with Gasteiger partial charge in [-0.2, -0.15) is 0 Å². The van der Waals surface area contributed by atoms with Crippen LogP contribution in [0.4, 0.5) is 5.69 Å². The number of anilines is 1. The molecule has 0 aromatic heterocycles. The number of carbonyl (C=O) groups excluding carboxylic acids is 1. The molecular weight excluding hydrogens is 300 g/mol. The Bertz CT molecular complexity index is 600. The second-order valence-electron chi connectivity index (χ2n) is 5.02. The minimum absolute atomic E-state index is 0.0218. The van der Waals surface area contributed by atoms with Crippen LogP contribution >= 0.6 is 11.6 Å². The minimum atomic E-state index is -3.83. The zero-order valence-corrected chi connectivity index (χ0v) is 13.3. The van der Waals surface area contributed by atoms with Crippen LogP contribution in [0.5, 0.6) is 0 Å². The van der Waals surface area contributed by atoms with Crippen molar-refractivity contribution in [1.82, 2.24) is 5.32 Å². The van der Waals surface area contributed by atoms with Gasteiger partial charge in [0.2, 0.25) is 5.91 Å². The molecule has 1 amide bonds. The lowest BCUT2D eigenvalue weighted by Gasteiger charge is -2.15. The third kappa shape index (κ3) is 3.86. The summed E-state index contributed by atoms with van der Waals surface area (Å²) >= 11 is 5.90. The van der Waals surface area contributed by atoms with Crippen molar-refractivity contribution >= 4 is 33.0 Å². The van der Waals surface area contributed by atoms with E-state index in [9.17, 15) is 13.2 Å². The average molecular weight is 319 g/mol. The van der Waals surface area contributed by atoms with Crippen molar-refractivity contribution < 1.29 is 13.2 Å². The molecule has 1 unspecified atom stereocenters. The molecule has 0 saturated carbocycles. The molecule has 5 nitrogen and oxygen atoms in total. The van der Waals surface area contributed by atoms with Crippen LogP contribution < -0.4 is 11.1 Å². The number of carbonyl (C=O) groups is 1. The van der Waals surface area contributed by atoms with Gasteiger partial charge in [0.05, 0.1) is 9.92 Å². The molecule has 0 fully saturated rings. The monoisotopic (exact) mass is 318 g/mol. The summed E-state index contributed by atoms with van der Waals surface area (Å²) in [5.41, 5.74) is 5.90. The van der Waals surface area contributed by atoms with Gasteiger partial charge >= 0.3 is 0 Å². The fraction of sp³-hybridized carbons (Fsp3) is 0.462. The first-order valence-electron chi connectivity index (χ1n) is 6.23. The minimum Gasteiger partial charge on any atom is -0.399 e. The molecule has 0 heterocycles. The molecule has 1 aromatic rings. The van der Waals surface area contributed by atoms with Gasteiger partial charge in [0.25, 0.3) is 0 Å². The van der Waals surface area contributed by atoms with Crippen molar-refractivity contribution in [2.45, 2.75) is 30.9 Å². The molecule has 0 spiro atoms. The number of halogens is 1. The highest BCUT2D eigenvalue weighted by Gasteiger charge is 2.31. The van der Waals surface area contributed by atoms with Gasteiger partial charge in [0.1, 0.15) is 5.25 Å². The largest absolute Gasteiger partial charge is 0.399 e. The van der Waals surface area contributed by atoms with Gasteiger partial charge in [-0.1, -0.05) is 25.4 Å². The predicted molar refractivity (Wildman–Crippen MR) is 80.4 cm³/mol. The first-order chi connectivity index (χ1) is 9.16. The van der Waals surface area contributed by atoms with E-state index < -0.39 is 21.0 Å². The van der Waals surface area contributed by atoms with Crippen LogP contribution in [0.3, 0.4) is 0 Å². The molecule has 112 valence electrons. The lowest BCUT2D eigenvalue weighted by atomic mass is 10.2. The molecule has 3 N–H and O–H groups in total. The number of amides is 1. The molecule has 0 aliphatic heterocycles. The van der Waals surface area contributed by atoms with Gasteiger partial charge in [0, 0.05) is 12.2 Å². The van der Waals surface area contributed by atoms with Crippen LogP contribution in [0.2, 0.25) is 5.02 Å². The van der Waals surface area contributed by atoms with Crippen molar-refractivity contribution in [2.24, 2.45) is 5.92 Å². The fourth-order valence-corrected chi connectivity index (χ4v) is 3.37. The van der Waals surface area contributed by atoms with Crippen LogP contribution in [0.25, 0.3) is 0 Å². The van der Waals surface area contributed by atoms with E-state index in [1.54, 1.807) is 0 Å². The van der Waals surface area contributed by atoms with Crippen molar-refractivity contribution in [1.29, 1.82) is 0 Å². The maximum absolute atomic E-state index is 12.4. The Morgan fingerprint density at radius 1 is 1.35 bits per heavy atom. The third-order valence-corrected chi connectivity index (χ3v) is 5.32. The standard InChI is InChI=1S/C13H19ClN2O3S/c1-8(2)7-16-13(17)9(3)20(18,19)12-5-4-10(15)6-11(12)14/h4-6,8-9H,7,15H2,1-3H3,(H,16,17). The number of nitrogens with two attached hydrogens (primary N) is 1. The second kappa shape index (κ2) is 6.45. The maximum atomic E-state index is 12.4. The average Bonchev–Trinajstić information content (AvgIpc) is 2.34. The van der Waals surface area contributed by atoms with Gasteiger partial charge < -0.3 is 11.1 Å². The number of sulfone groups is 1. The summed E-state index contributed by atoms with van der Waals surface area (Å²) in [5, 5.41) is 1.42. The predicted octanol–water partition coefficient (Wildman–Crippen LogP) is 1.86. The number of benzene rings is 1. The topological polar surface area (TPSA) is 89.3 Å². The Morgan fingerprint density at radius 3 is 2.45 bits per heavy atom. The van der Waals surface area contributed by atoms with E-state index in [2.05, 4.69) is 5.32 Å². The molecule has 1 aromatic carbocycles. The highest BCUT2D eigenvalue weighted by atomic mass is 35.5. The van der Waals surface area contributed by atoms with Crippen LogP contribution in [-0.4, -0.2) is 26.1 Å². The van der Waals surface area contributed by atoms with Crippen LogP contribution in [0.1, 0.15) is 20.8 Å². The molecule has 7 heteroatoms. The Morgan fingerprint density at radius 2 is 1.95 bits per heavy atom. The molecule has 20 heavy (non-hydrogen) atoms. The van der Waals surface area contributed by atoms with Crippen LogP contribution in [0.15, 0.2) is 23.1 Å². The first-order valence-corrected chi connectivity index (χ1v) is 8.15. The van der Waals surface area contributed by atoms with Gasteiger partial charge in [-0.15, -0.1) is 0 Å². The van der Waals surface area contributed by atoms with E-state index in [4.69, 9.17) is 17.3 Å². The molecule has 0 saturated heterocycles. The van der Waals surface area contributed by atoms with Gasteiger partial charge in [-0.05, 0) is 31.0 Å². The van der Waals surface area contributed by atoms with E-state index in [1.807, 2.05) is 13.8 Å². The van der Waals surface area contributed by atoms with Gasteiger partial charge in [-0.25, -0.2) is 8.42 Å². The molecule has 0 radical (unpaired) electrons. The van der Waals surface area contributed by atoms with Crippen molar-refractivity contribution in [2.75, 3.05) is 12.3 Å². The van der Waals surface area contributed by atoms with E-state index >= 15 is 0 Å². The lowest BCUT2D eigenvalue weighted by molar-refractivity contribution is -0.120. The van der Waals surface area contributed by atoms with Crippen molar-refractivity contribution in [3.8, 4) is 0 Å². The normalized spacial score (nSPS) is 13.2. The smallest absolute Gasteiger partial charge is 0.238 e. The van der Waals surface area contributed by atoms with Gasteiger partial charge in [0.15, 0.2) is 9.84 Å². The van der Waals surface area contributed by atoms with E-state index in [0.717, 1.165) is 0 Å². The molecular formula is C13H19ClN2O3S. The first kappa shape index (κ1) is 16.8. The van der Waals surface area contributed by atoms with Crippen molar-refractivity contribution in [3.63, 3.8) is 0 Å². The highest BCUT2D eigenvalue weighted by molar-refractivity contribution is 7.92. The Balaban J connectivity index is 3.01. The second-order valence-corrected chi connectivity index (χ2v) is 7.66. The Hall–Kier alpha value is -1.27. The summed E-state index contributed by atoms with van der Waals surface area (Å²) < 4.78 is 24.7. The van der Waals surface area contributed by atoms with E-state index in [0.29, 0.717) is 12.2 Å². The van der Waals surface area contributed by atoms with E-state index in [-0.39, 0.29) is 15.8 Å². The Labute approximate surface area is 124 Å². The van der Waals surface area contributed by atoms with E-state index in [1.165, 1.54) is 25.1 Å². The molecule has 0 bridgehead atoms. The fourth-order valence-electron chi connectivity index (χ4n) is 1.53. The molecule has 1 atom stereocenters. The number of hydrogen-bond acceptors (Lipinski definition) is 4. The quantitative estimate of drug-likeness (QED) is 0.811. The lowest BCUT2D eigenvalue weighted by Crippen LogP contribution is -2.39. The summed E-state index contributed by atoms with van der Waals surface area (Å²) in [6.45, 7) is 5.62. The van der Waals surface area contributed by atoms with Gasteiger partial charge in [-0.3, -0.25) is 4.79 Å². The van der Waals surface area contributed by atoms with Crippen LogP contribution in [-0.2, 0) is 14.6 Å². The SMILES string of the molecule is CC(C)CNC(=O)C(C)S(=O)(=O)c1ccc(N)cc1Cl. The Kier molecular flexibility index (Phi) is 5.42. The van der Waals surface area contributed by atoms with Crippen molar-refractivity contribution in [3.05, 3.63) is 23.2 Å². The summed E-state index contributed by atoms with van der Waals surface area (Å²) in [4.78, 5) is 11.8. The molecule has 1 rings (SSSR count). The molecule has 0 aliphatic rings. The zero-order valence-electron chi connectivity index (χ0n) is 11.7. The zero-order chi connectivity index (χ0) is 15.5. The highest BCUT2D eigenvalue weighted by Crippen LogP contribution is 2.27.